The third kappa shape index (κ3) is 10.6. The molecule has 2 aromatic rings. The summed E-state index contributed by atoms with van der Waals surface area (Å²) in [6.45, 7) is 2.01. The molecule has 34 heavy (non-hydrogen) atoms. The Morgan fingerprint density at radius 2 is 1.50 bits per heavy atom. The Morgan fingerprint density at radius 1 is 0.794 bits per heavy atom. The zero-order valence-electron chi connectivity index (χ0n) is 19.2. The minimum Gasteiger partial charge on any atom is -0.484 e. The number of hydrazine groups is 1. The monoisotopic (exact) mass is 470 g/mol. The van der Waals surface area contributed by atoms with Gasteiger partial charge in [-0.3, -0.25) is 25.2 Å². The van der Waals surface area contributed by atoms with E-state index in [-0.39, 0.29) is 32.0 Å². The summed E-state index contributed by atoms with van der Waals surface area (Å²) in [5.41, 5.74) is 6.08. The number of rotatable bonds is 13. The van der Waals surface area contributed by atoms with E-state index in [0.717, 1.165) is 12.8 Å². The lowest BCUT2D eigenvalue weighted by Crippen LogP contribution is -2.43. The summed E-state index contributed by atoms with van der Waals surface area (Å²) in [6, 6.07) is 16.1. The van der Waals surface area contributed by atoms with Crippen molar-refractivity contribution in [1.29, 1.82) is 0 Å². The summed E-state index contributed by atoms with van der Waals surface area (Å²) in [6.07, 6.45) is 2.06. The number of hydrogen-bond donors (Lipinski definition) is 2. The normalized spacial score (nSPS) is 10.1. The molecule has 0 saturated carbocycles. The van der Waals surface area contributed by atoms with Gasteiger partial charge >= 0.3 is 11.9 Å². The Kier molecular flexibility index (Phi) is 11.7. The van der Waals surface area contributed by atoms with Gasteiger partial charge in [0.15, 0.2) is 6.61 Å². The molecule has 0 aliphatic carbocycles. The molecule has 9 heteroatoms. The van der Waals surface area contributed by atoms with Gasteiger partial charge in [-0.1, -0.05) is 30.3 Å². The molecule has 0 saturated heterocycles. The van der Waals surface area contributed by atoms with Crippen LogP contribution in [0.3, 0.4) is 0 Å². The molecular formula is C25H30N2O7. The van der Waals surface area contributed by atoms with Crippen molar-refractivity contribution in [3.05, 3.63) is 65.7 Å². The summed E-state index contributed by atoms with van der Waals surface area (Å²) >= 11 is 0. The molecule has 0 spiro atoms. The number of esters is 2. The fourth-order valence-electron chi connectivity index (χ4n) is 2.86. The highest BCUT2D eigenvalue weighted by Gasteiger charge is 2.09. The van der Waals surface area contributed by atoms with Gasteiger partial charge in [-0.2, -0.15) is 0 Å². The average Bonchev–Trinajstić information content (AvgIpc) is 2.85. The van der Waals surface area contributed by atoms with Gasteiger partial charge in [0.2, 0.25) is 5.91 Å². The number of amides is 2. The summed E-state index contributed by atoms with van der Waals surface area (Å²) < 4.78 is 15.4. The summed E-state index contributed by atoms with van der Waals surface area (Å²) in [5.74, 6) is -1.39. The van der Waals surface area contributed by atoms with Gasteiger partial charge in [-0.15, -0.1) is 0 Å². The van der Waals surface area contributed by atoms with Crippen molar-refractivity contribution in [3.8, 4) is 5.75 Å². The van der Waals surface area contributed by atoms with Crippen molar-refractivity contribution >= 4 is 23.8 Å². The number of carbonyl (C=O) groups excluding carboxylic acids is 4. The molecule has 2 N–H and O–H groups in total. The molecule has 0 fully saturated rings. The molecule has 0 aliphatic heterocycles. The maximum absolute atomic E-state index is 11.8. The number of nitrogens with one attached hydrogen (secondary N) is 2. The molecule has 2 amide bonds. The fourth-order valence-corrected chi connectivity index (χ4v) is 2.86. The number of carbonyl (C=O) groups is 4. The zero-order chi connectivity index (χ0) is 24.6. The first-order valence-corrected chi connectivity index (χ1v) is 11.1. The van der Waals surface area contributed by atoms with Crippen LogP contribution in [-0.4, -0.2) is 43.6 Å². The minimum atomic E-state index is -0.555. The van der Waals surface area contributed by atoms with Crippen LogP contribution in [-0.2, 0) is 30.3 Å². The van der Waals surface area contributed by atoms with Gasteiger partial charge in [0, 0.05) is 12.8 Å². The van der Waals surface area contributed by atoms with Crippen LogP contribution in [0.2, 0.25) is 0 Å². The van der Waals surface area contributed by atoms with Crippen molar-refractivity contribution in [2.75, 3.05) is 19.8 Å². The molecule has 0 aliphatic rings. The van der Waals surface area contributed by atoms with Gasteiger partial charge in [-0.25, -0.2) is 4.79 Å². The van der Waals surface area contributed by atoms with Gasteiger partial charge in [0.1, 0.15) is 5.75 Å². The Bertz CT molecular complexity index is 930. The first kappa shape index (κ1) is 26.4. The maximum atomic E-state index is 11.8. The zero-order valence-corrected chi connectivity index (χ0v) is 19.2. The van der Waals surface area contributed by atoms with Crippen LogP contribution in [0.25, 0.3) is 0 Å². The predicted octanol–water partition coefficient (Wildman–Crippen LogP) is 2.74. The SMILES string of the molecule is CCOC(=O)c1ccc(OCC(=O)NNC(=O)CCCC(=O)OCCCc2ccccc2)cc1. The Hall–Kier alpha value is -3.88. The van der Waals surface area contributed by atoms with E-state index in [1.54, 1.807) is 19.1 Å². The second kappa shape index (κ2) is 15.0. The van der Waals surface area contributed by atoms with Crippen LogP contribution < -0.4 is 15.6 Å². The van der Waals surface area contributed by atoms with Crippen LogP contribution >= 0.6 is 0 Å². The highest BCUT2D eigenvalue weighted by molar-refractivity contribution is 5.89. The average molecular weight is 471 g/mol. The molecule has 0 bridgehead atoms. The van der Waals surface area contributed by atoms with E-state index in [0.29, 0.717) is 24.3 Å². The molecule has 0 heterocycles. The molecule has 9 nitrogen and oxygen atoms in total. The molecular weight excluding hydrogens is 440 g/mol. The largest absolute Gasteiger partial charge is 0.484 e. The van der Waals surface area contributed by atoms with E-state index in [1.807, 2.05) is 30.3 Å². The van der Waals surface area contributed by atoms with Crippen LogP contribution in [0.5, 0.6) is 5.75 Å². The molecule has 2 aromatic carbocycles. The lowest BCUT2D eigenvalue weighted by atomic mass is 10.1. The van der Waals surface area contributed by atoms with Crippen LogP contribution in [0.1, 0.15) is 48.5 Å². The van der Waals surface area contributed by atoms with Crippen molar-refractivity contribution in [2.24, 2.45) is 0 Å². The third-order valence-corrected chi connectivity index (χ3v) is 4.58. The Balaban J connectivity index is 1.52. The quantitative estimate of drug-likeness (QED) is 0.262. The van der Waals surface area contributed by atoms with Gasteiger partial charge in [-0.05, 0) is 56.0 Å². The molecule has 0 atom stereocenters. The van der Waals surface area contributed by atoms with Gasteiger partial charge in [0.05, 0.1) is 18.8 Å². The summed E-state index contributed by atoms with van der Waals surface area (Å²) in [5, 5.41) is 0. The van der Waals surface area contributed by atoms with E-state index < -0.39 is 17.8 Å². The first-order valence-electron chi connectivity index (χ1n) is 11.1. The van der Waals surface area contributed by atoms with E-state index in [9.17, 15) is 19.2 Å². The molecule has 182 valence electrons. The topological polar surface area (TPSA) is 120 Å². The van der Waals surface area contributed by atoms with E-state index >= 15 is 0 Å². The van der Waals surface area contributed by atoms with Gasteiger partial charge < -0.3 is 14.2 Å². The highest BCUT2D eigenvalue weighted by Crippen LogP contribution is 2.13. The van der Waals surface area contributed by atoms with Crippen LogP contribution in [0, 0.1) is 0 Å². The molecule has 2 rings (SSSR count). The summed E-state index contributed by atoms with van der Waals surface area (Å²) in [4.78, 5) is 47.0. The third-order valence-electron chi connectivity index (χ3n) is 4.58. The maximum Gasteiger partial charge on any atom is 0.338 e. The minimum absolute atomic E-state index is 0.0651. The van der Waals surface area contributed by atoms with Crippen molar-refractivity contribution in [2.45, 2.75) is 39.0 Å². The number of hydrogen-bond acceptors (Lipinski definition) is 7. The van der Waals surface area contributed by atoms with E-state index in [2.05, 4.69) is 10.9 Å². The lowest BCUT2D eigenvalue weighted by Gasteiger charge is -2.09. The Labute approximate surface area is 198 Å². The van der Waals surface area contributed by atoms with Crippen molar-refractivity contribution in [3.63, 3.8) is 0 Å². The second-order valence-electron chi connectivity index (χ2n) is 7.29. The number of benzene rings is 2. The standard InChI is InChI=1S/C25H30N2O7/c1-2-32-25(31)20-13-15-21(16-14-20)34-18-23(29)27-26-22(28)11-6-12-24(30)33-17-7-10-19-8-4-3-5-9-19/h3-5,8-9,13-16H,2,6-7,10-12,17-18H2,1H3,(H,26,28)(H,27,29). The highest BCUT2D eigenvalue weighted by atomic mass is 16.5. The number of aryl methyl sites for hydroxylation is 1. The van der Waals surface area contributed by atoms with E-state index in [4.69, 9.17) is 14.2 Å². The first-order chi connectivity index (χ1) is 16.5. The molecule has 0 aromatic heterocycles. The smallest absolute Gasteiger partial charge is 0.338 e. The van der Waals surface area contributed by atoms with Gasteiger partial charge in [0.25, 0.3) is 5.91 Å². The van der Waals surface area contributed by atoms with Crippen LogP contribution in [0.15, 0.2) is 54.6 Å². The number of ether oxygens (including phenoxy) is 3. The van der Waals surface area contributed by atoms with Crippen molar-refractivity contribution in [1.82, 2.24) is 10.9 Å². The molecule has 0 unspecified atom stereocenters. The summed E-state index contributed by atoms with van der Waals surface area (Å²) in [7, 11) is 0. The fraction of sp³-hybridized carbons (Fsp3) is 0.360. The van der Waals surface area contributed by atoms with Crippen LogP contribution in [0.4, 0.5) is 0 Å². The van der Waals surface area contributed by atoms with E-state index in [1.165, 1.54) is 17.7 Å². The predicted molar refractivity (Wildman–Crippen MR) is 124 cm³/mol. The van der Waals surface area contributed by atoms with Crippen molar-refractivity contribution < 1.29 is 33.4 Å². The lowest BCUT2D eigenvalue weighted by molar-refractivity contribution is -0.144. The second-order valence-corrected chi connectivity index (χ2v) is 7.29. The Morgan fingerprint density at radius 3 is 2.21 bits per heavy atom. The molecule has 0 radical (unpaired) electrons.